The summed E-state index contributed by atoms with van der Waals surface area (Å²) in [6, 6.07) is 16.2. The van der Waals surface area contributed by atoms with Crippen LogP contribution in [0.4, 0.5) is 4.79 Å². The number of carboxylic acids is 1. The first-order chi connectivity index (χ1) is 16.6. The van der Waals surface area contributed by atoms with E-state index in [-0.39, 0.29) is 30.9 Å². The third kappa shape index (κ3) is 4.28. The molecule has 186 valence electrons. The van der Waals surface area contributed by atoms with E-state index in [4.69, 9.17) is 4.74 Å². The molecule has 2 atom stereocenters. The van der Waals surface area contributed by atoms with Gasteiger partial charge in [0.05, 0.1) is 5.41 Å². The fourth-order valence-electron chi connectivity index (χ4n) is 5.40. The van der Waals surface area contributed by atoms with Gasteiger partial charge in [0.25, 0.3) is 0 Å². The largest absolute Gasteiger partial charge is 0.481 e. The van der Waals surface area contributed by atoms with Crippen LogP contribution in [0, 0.1) is 11.3 Å². The molecule has 35 heavy (non-hydrogen) atoms. The van der Waals surface area contributed by atoms with Crippen molar-refractivity contribution in [1.29, 1.82) is 0 Å². The second-order valence-electron chi connectivity index (χ2n) is 10.2. The SMILES string of the molecule is CCC(C)(NC(=O)OCC1c2ccccc2-c2ccccc21)C(=O)N1CCC(C(=O)O)(C(C)C)C1. The van der Waals surface area contributed by atoms with E-state index in [0.717, 1.165) is 22.3 Å². The minimum Gasteiger partial charge on any atom is -0.481 e. The number of amides is 2. The van der Waals surface area contributed by atoms with Gasteiger partial charge >= 0.3 is 12.1 Å². The first kappa shape index (κ1) is 24.8. The summed E-state index contributed by atoms with van der Waals surface area (Å²) in [6.45, 7) is 7.89. The highest BCUT2D eigenvalue weighted by Gasteiger charge is 2.51. The number of alkyl carbamates (subject to hydrolysis) is 1. The van der Waals surface area contributed by atoms with Crippen LogP contribution in [0.15, 0.2) is 48.5 Å². The molecular formula is C28H34N2O5. The molecule has 1 heterocycles. The number of nitrogens with zero attached hydrogens (tertiary/aromatic N) is 1. The van der Waals surface area contributed by atoms with E-state index >= 15 is 0 Å². The van der Waals surface area contributed by atoms with Crippen LogP contribution < -0.4 is 5.32 Å². The number of benzene rings is 2. The lowest BCUT2D eigenvalue weighted by atomic mass is 9.76. The molecule has 2 N–H and O–H groups in total. The quantitative estimate of drug-likeness (QED) is 0.604. The van der Waals surface area contributed by atoms with E-state index in [1.807, 2.05) is 45.0 Å². The molecule has 7 heteroatoms. The number of rotatable bonds is 7. The smallest absolute Gasteiger partial charge is 0.408 e. The van der Waals surface area contributed by atoms with Crippen LogP contribution in [0.3, 0.4) is 0 Å². The van der Waals surface area contributed by atoms with Gasteiger partial charge in [0.15, 0.2) is 0 Å². The Morgan fingerprint density at radius 2 is 1.69 bits per heavy atom. The molecule has 1 aliphatic carbocycles. The van der Waals surface area contributed by atoms with Crippen molar-refractivity contribution < 1.29 is 24.2 Å². The normalized spacial score (nSPS) is 20.8. The van der Waals surface area contributed by atoms with Crippen molar-refractivity contribution in [2.75, 3.05) is 19.7 Å². The number of fused-ring (bicyclic) bond motifs is 3. The molecule has 0 spiro atoms. The van der Waals surface area contributed by atoms with Gasteiger partial charge in [-0.3, -0.25) is 9.59 Å². The van der Waals surface area contributed by atoms with Crippen LogP contribution in [0.1, 0.15) is 57.6 Å². The van der Waals surface area contributed by atoms with E-state index < -0.39 is 23.0 Å². The third-order valence-electron chi connectivity index (χ3n) is 8.02. The Bertz CT molecular complexity index is 1100. The molecular weight excluding hydrogens is 444 g/mol. The van der Waals surface area contributed by atoms with Crippen LogP contribution in [0.5, 0.6) is 0 Å². The summed E-state index contributed by atoms with van der Waals surface area (Å²) < 4.78 is 5.65. The molecule has 2 aromatic carbocycles. The number of likely N-dealkylation sites (tertiary alicyclic amines) is 1. The van der Waals surface area contributed by atoms with Crippen molar-refractivity contribution >= 4 is 18.0 Å². The van der Waals surface area contributed by atoms with E-state index in [1.165, 1.54) is 0 Å². The maximum absolute atomic E-state index is 13.4. The first-order valence-electron chi connectivity index (χ1n) is 12.3. The zero-order valence-corrected chi connectivity index (χ0v) is 20.8. The molecule has 4 rings (SSSR count). The van der Waals surface area contributed by atoms with Gasteiger partial charge in [-0.05, 0) is 47.9 Å². The van der Waals surface area contributed by atoms with Crippen LogP contribution in [-0.4, -0.2) is 53.2 Å². The van der Waals surface area contributed by atoms with E-state index in [0.29, 0.717) is 19.4 Å². The monoisotopic (exact) mass is 478 g/mol. The molecule has 0 bridgehead atoms. The molecule has 0 saturated carbocycles. The molecule has 7 nitrogen and oxygen atoms in total. The van der Waals surface area contributed by atoms with Crippen molar-refractivity contribution in [3.05, 3.63) is 59.7 Å². The predicted molar refractivity (Wildman–Crippen MR) is 133 cm³/mol. The van der Waals surface area contributed by atoms with E-state index in [9.17, 15) is 19.5 Å². The Hall–Kier alpha value is -3.35. The second-order valence-corrected chi connectivity index (χ2v) is 10.2. The van der Waals surface area contributed by atoms with E-state index in [2.05, 4.69) is 29.6 Å². The molecule has 0 aromatic heterocycles. The van der Waals surface area contributed by atoms with Gasteiger partial charge < -0.3 is 20.1 Å². The van der Waals surface area contributed by atoms with Crippen LogP contribution >= 0.6 is 0 Å². The predicted octanol–water partition coefficient (Wildman–Crippen LogP) is 4.65. The van der Waals surface area contributed by atoms with Gasteiger partial charge in [-0.25, -0.2) is 4.79 Å². The number of aliphatic carboxylic acids is 1. The summed E-state index contributed by atoms with van der Waals surface area (Å²) in [4.78, 5) is 39.8. The number of hydrogen-bond donors (Lipinski definition) is 2. The van der Waals surface area contributed by atoms with Crippen molar-refractivity contribution in [2.24, 2.45) is 11.3 Å². The van der Waals surface area contributed by atoms with Crippen LogP contribution in [0.2, 0.25) is 0 Å². The van der Waals surface area contributed by atoms with E-state index in [1.54, 1.807) is 11.8 Å². The average molecular weight is 479 g/mol. The van der Waals surface area contributed by atoms with Gasteiger partial charge in [-0.2, -0.15) is 0 Å². The highest BCUT2D eigenvalue weighted by molar-refractivity contribution is 5.90. The first-order valence-corrected chi connectivity index (χ1v) is 12.3. The highest BCUT2D eigenvalue weighted by atomic mass is 16.5. The lowest BCUT2D eigenvalue weighted by Crippen LogP contribution is -2.57. The zero-order chi connectivity index (χ0) is 25.4. The summed E-state index contributed by atoms with van der Waals surface area (Å²) in [5.74, 6) is -1.35. The van der Waals surface area contributed by atoms with Crippen molar-refractivity contribution in [3.63, 3.8) is 0 Å². The van der Waals surface area contributed by atoms with Gasteiger partial charge in [0, 0.05) is 19.0 Å². The molecule has 1 saturated heterocycles. The summed E-state index contributed by atoms with van der Waals surface area (Å²) in [5, 5.41) is 12.6. The fourth-order valence-corrected chi connectivity index (χ4v) is 5.40. The zero-order valence-electron chi connectivity index (χ0n) is 20.8. The number of hydrogen-bond acceptors (Lipinski definition) is 4. The van der Waals surface area contributed by atoms with Crippen LogP contribution in [-0.2, 0) is 14.3 Å². The lowest BCUT2D eigenvalue weighted by molar-refractivity contribution is -0.151. The van der Waals surface area contributed by atoms with Crippen molar-refractivity contribution in [3.8, 4) is 11.1 Å². The lowest BCUT2D eigenvalue weighted by Gasteiger charge is -2.34. The highest BCUT2D eigenvalue weighted by Crippen LogP contribution is 2.44. The maximum Gasteiger partial charge on any atom is 0.408 e. The Morgan fingerprint density at radius 1 is 1.11 bits per heavy atom. The van der Waals surface area contributed by atoms with Gasteiger partial charge in [0.2, 0.25) is 5.91 Å². The molecule has 1 aliphatic heterocycles. The van der Waals surface area contributed by atoms with Gasteiger partial charge in [-0.15, -0.1) is 0 Å². The standard InChI is InChI=1S/C28H34N2O5/c1-5-27(4,24(31)30-15-14-28(17-30,18(2)3)25(32)33)29-26(34)35-16-23-21-12-8-6-10-19(21)20-11-7-9-13-22(20)23/h6-13,18,23H,5,14-17H2,1-4H3,(H,29,34)(H,32,33). The van der Waals surface area contributed by atoms with Crippen molar-refractivity contribution in [2.45, 2.75) is 52.0 Å². The molecule has 2 unspecified atom stereocenters. The van der Waals surface area contributed by atoms with Crippen LogP contribution in [0.25, 0.3) is 11.1 Å². The number of carbonyl (C=O) groups excluding carboxylic acids is 2. The Balaban J connectivity index is 1.44. The number of carbonyl (C=O) groups is 3. The maximum atomic E-state index is 13.4. The average Bonchev–Trinajstić information content (AvgIpc) is 3.43. The minimum absolute atomic E-state index is 0.0717. The fraction of sp³-hybridized carbons (Fsp3) is 0.464. The number of ether oxygens (including phenoxy) is 1. The molecule has 1 fully saturated rings. The molecule has 0 radical (unpaired) electrons. The second kappa shape index (κ2) is 9.36. The Morgan fingerprint density at radius 3 is 2.17 bits per heavy atom. The molecule has 2 aromatic rings. The summed E-state index contributed by atoms with van der Waals surface area (Å²) in [7, 11) is 0. The summed E-state index contributed by atoms with van der Waals surface area (Å²) >= 11 is 0. The molecule has 2 aliphatic rings. The van der Waals surface area contributed by atoms with Gasteiger partial charge in [-0.1, -0.05) is 69.3 Å². The Labute approximate surface area is 206 Å². The van der Waals surface area contributed by atoms with Gasteiger partial charge in [0.1, 0.15) is 12.1 Å². The number of nitrogens with one attached hydrogen (secondary N) is 1. The third-order valence-corrected chi connectivity index (χ3v) is 8.02. The molecule has 2 amide bonds. The topological polar surface area (TPSA) is 95.9 Å². The minimum atomic E-state index is -1.19. The Kier molecular flexibility index (Phi) is 6.62. The van der Waals surface area contributed by atoms with Crippen molar-refractivity contribution in [1.82, 2.24) is 10.2 Å². The summed E-state index contributed by atoms with van der Waals surface area (Å²) in [5.41, 5.74) is 2.37. The number of carboxylic acid groups (broad SMARTS) is 1. The summed E-state index contributed by atoms with van der Waals surface area (Å²) in [6.07, 6.45) is 0.0993.